The van der Waals surface area contributed by atoms with E-state index in [-0.39, 0.29) is 0 Å². The highest BCUT2D eigenvalue weighted by molar-refractivity contribution is 7.09. The number of nitrogens with one attached hydrogen (secondary N) is 1. The zero-order chi connectivity index (χ0) is 10.5. The summed E-state index contributed by atoms with van der Waals surface area (Å²) in [5, 5.41) is 0. The summed E-state index contributed by atoms with van der Waals surface area (Å²) in [4.78, 5) is 5.36. The molecule has 1 aliphatic rings. The molecule has 1 aromatic heterocycles. The van der Waals surface area contributed by atoms with Crippen molar-refractivity contribution >= 4 is 11.3 Å². The van der Waals surface area contributed by atoms with Crippen LogP contribution in [0.15, 0.2) is 11.7 Å². The Hall–Kier alpha value is -0.490. The van der Waals surface area contributed by atoms with Gasteiger partial charge in [0.1, 0.15) is 0 Å². The van der Waals surface area contributed by atoms with Gasteiger partial charge in [0, 0.05) is 36.8 Å². The molecule has 0 bridgehead atoms. The van der Waals surface area contributed by atoms with Gasteiger partial charge in [-0.3, -0.25) is 16.3 Å². The molecule has 0 aliphatic carbocycles. The predicted molar refractivity (Wildman–Crippen MR) is 60.5 cm³/mol. The molecule has 2 atom stereocenters. The summed E-state index contributed by atoms with van der Waals surface area (Å²) < 4.78 is 5.36. The Kier molecular flexibility index (Phi) is 4.08. The molecular formula is C10H17N3OS. The molecule has 1 aliphatic heterocycles. The molecule has 2 heterocycles. The van der Waals surface area contributed by atoms with E-state index in [9.17, 15) is 0 Å². The highest BCUT2D eigenvalue weighted by atomic mass is 32.1. The van der Waals surface area contributed by atoms with Crippen molar-refractivity contribution in [2.24, 2.45) is 11.8 Å². The minimum atomic E-state index is 0.345. The van der Waals surface area contributed by atoms with Crippen molar-refractivity contribution in [1.82, 2.24) is 10.4 Å². The van der Waals surface area contributed by atoms with E-state index < -0.39 is 0 Å². The van der Waals surface area contributed by atoms with E-state index in [1.165, 1.54) is 11.3 Å². The zero-order valence-electron chi connectivity index (χ0n) is 8.69. The van der Waals surface area contributed by atoms with Crippen LogP contribution in [0.4, 0.5) is 0 Å². The molecule has 1 aromatic rings. The van der Waals surface area contributed by atoms with Crippen molar-refractivity contribution in [3.05, 3.63) is 16.6 Å². The first-order chi connectivity index (χ1) is 7.38. The highest BCUT2D eigenvalue weighted by Gasteiger charge is 2.20. The van der Waals surface area contributed by atoms with Crippen molar-refractivity contribution in [2.75, 3.05) is 13.2 Å². The maximum atomic E-state index is 5.56. The first kappa shape index (κ1) is 11.0. The summed E-state index contributed by atoms with van der Waals surface area (Å²) in [5.41, 5.74) is 4.75. The third-order valence-corrected chi connectivity index (χ3v) is 3.61. The van der Waals surface area contributed by atoms with Crippen LogP contribution in [0.25, 0.3) is 0 Å². The normalized spacial score (nSPS) is 23.1. The van der Waals surface area contributed by atoms with Crippen LogP contribution in [0.1, 0.15) is 17.7 Å². The van der Waals surface area contributed by atoms with Gasteiger partial charge in [0.15, 0.2) is 0 Å². The summed E-state index contributed by atoms with van der Waals surface area (Å²) in [6.07, 6.45) is 5.15. The van der Waals surface area contributed by atoms with Crippen LogP contribution >= 0.6 is 11.3 Å². The van der Waals surface area contributed by atoms with Crippen molar-refractivity contribution in [1.29, 1.82) is 0 Å². The van der Waals surface area contributed by atoms with Gasteiger partial charge in [-0.15, -0.1) is 11.3 Å². The van der Waals surface area contributed by atoms with Crippen molar-refractivity contribution in [3.8, 4) is 0 Å². The molecule has 1 fully saturated rings. The summed E-state index contributed by atoms with van der Waals surface area (Å²) in [5.74, 6) is 6.23. The number of hydrogen-bond donors (Lipinski definition) is 2. The second kappa shape index (κ2) is 5.55. The van der Waals surface area contributed by atoms with Gasteiger partial charge in [0.05, 0.1) is 5.51 Å². The lowest BCUT2D eigenvalue weighted by atomic mass is 9.97. The molecule has 15 heavy (non-hydrogen) atoms. The van der Waals surface area contributed by atoms with Crippen LogP contribution in [0, 0.1) is 5.92 Å². The molecule has 0 radical (unpaired) electrons. The number of nitrogens with two attached hydrogens (primary N) is 1. The Morgan fingerprint density at radius 3 is 3.27 bits per heavy atom. The number of hydrogen-bond acceptors (Lipinski definition) is 5. The molecular weight excluding hydrogens is 210 g/mol. The lowest BCUT2D eigenvalue weighted by Gasteiger charge is -2.17. The third-order valence-electron chi connectivity index (χ3n) is 2.81. The Balaban J connectivity index is 1.81. The van der Waals surface area contributed by atoms with Crippen LogP contribution in [-0.4, -0.2) is 24.2 Å². The molecule has 4 nitrogen and oxygen atoms in total. The fraction of sp³-hybridized carbons (Fsp3) is 0.700. The second-order valence-electron chi connectivity index (χ2n) is 4.00. The minimum Gasteiger partial charge on any atom is -0.381 e. The summed E-state index contributed by atoms with van der Waals surface area (Å²) >= 11 is 1.69. The highest BCUT2D eigenvalue weighted by Crippen LogP contribution is 2.20. The van der Waals surface area contributed by atoms with E-state index in [1.807, 2.05) is 11.7 Å². The van der Waals surface area contributed by atoms with Gasteiger partial charge in [-0.2, -0.15) is 0 Å². The topological polar surface area (TPSA) is 60.2 Å². The Morgan fingerprint density at radius 1 is 1.73 bits per heavy atom. The fourth-order valence-corrected chi connectivity index (χ4v) is 2.64. The quantitative estimate of drug-likeness (QED) is 0.580. The van der Waals surface area contributed by atoms with Gasteiger partial charge in [0.25, 0.3) is 0 Å². The van der Waals surface area contributed by atoms with Crippen molar-refractivity contribution in [2.45, 2.75) is 25.3 Å². The number of rotatable bonds is 5. The zero-order valence-corrected chi connectivity index (χ0v) is 9.50. The average Bonchev–Trinajstić information content (AvgIpc) is 2.89. The molecule has 5 heteroatoms. The van der Waals surface area contributed by atoms with Gasteiger partial charge in [-0.25, -0.2) is 0 Å². The largest absolute Gasteiger partial charge is 0.381 e. The number of ether oxygens (including phenoxy) is 1. The van der Waals surface area contributed by atoms with E-state index in [0.29, 0.717) is 12.0 Å². The average molecular weight is 227 g/mol. The molecule has 3 N–H and O–H groups in total. The van der Waals surface area contributed by atoms with Crippen molar-refractivity contribution < 1.29 is 4.74 Å². The predicted octanol–water partition coefficient (Wildman–Crippen LogP) is 0.944. The number of nitrogens with zero attached hydrogens (tertiary/aromatic N) is 1. The van der Waals surface area contributed by atoms with Crippen LogP contribution in [-0.2, 0) is 11.2 Å². The second-order valence-corrected chi connectivity index (χ2v) is 4.97. The van der Waals surface area contributed by atoms with E-state index in [4.69, 9.17) is 10.6 Å². The van der Waals surface area contributed by atoms with E-state index >= 15 is 0 Å². The van der Waals surface area contributed by atoms with Crippen molar-refractivity contribution in [3.63, 3.8) is 0 Å². The summed E-state index contributed by atoms with van der Waals surface area (Å²) in [6, 6.07) is 0.345. The van der Waals surface area contributed by atoms with Gasteiger partial charge < -0.3 is 4.74 Å². The Bertz CT molecular complexity index is 272. The SMILES string of the molecule is NNC(Cc1cncs1)CC1CCOC1. The third kappa shape index (κ3) is 3.24. The molecule has 0 amide bonds. The van der Waals surface area contributed by atoms with E-state index in [2.05, 4.69) is 10.4 Å². The maximum absolute atomic E-state index is 5.56. The lowest BCUT2D eigenvalue weighted by Crippen LogP contribution is -2.38. The molecule has 0 spiro atoms. The van der Waals surface area contributed by atoms with Crippen LogP contribution in [0.3, 0.4) is 0 Å². The van der Waals surface area contributed by atoms with Gasteiger partial charge in [-0.1, -0.05) is 0 Å². The smallest absolute Gasteiger partial charge is 0.0794 e. The minimum absolute atomic E-state index is 0.345. The lowest BCUT2D eigenvalue weighted by molar-refractivity contribution is 0.181. The van der Waals surface area contributed by atoms with E-state index in [1.54, 1.807) is 11.3 Å². The van der Waals surface area contributed by atoms with Crippen LogP contribution in [0.2, 0.25) is 0 Å². The Labute approximate surface area is 93.8 Å². The summed E-state index contributed by atoms with van der Waals surface area (Å²) in [6.45, 7) is 1.80. The number of aromatic nitrogens is 1. The molecule has 0 aromatic carbocycles. The maximum Gasteiger partial charge on any atom is 0.0794 e. The number of thiazole rings is 1. The van der Waals surface area contributed by atoms with E-state index in [0.717, 1.165) is 26.1 Å². The van der Waals surface area contributed by atoms with Gasteiger partial charge >= 0.3 is 0 Å². The molecule has 2 rings (SSSR count). The Morgan fingerprint density at radius 2 is 2.67 bits per heavy atom. The molecule has 0 saturated carbocycles. The molecule has 84 valence electrons. The molecule has 1 saturated heterocycles. The monoisotopic (exact) mass is 227 g/mol. The molecule has 2 unspecified atom stereocenters. The first-order valence-electron chi connectivity index (χ1n) is 5.29. The summed E-state index contributed by atoms with van der Waals surface area (Å²) in [7, 11) is 0. The standard InChI is InChI=1S/C10H17N3OS/c11-13-9(3-8-1-2-14-6-8)4-10-5-12-7-15-10/h5,7-9,13H,1-4,6,11H2. The van der Waals surface area contributed by atoms with Gasteiger partial charge in [-0.05, 0) is 18.8 Å². The fourth-order valence-electron chi connectivity index (χ4n) is 1.97. The van der Waals surface area contributed by atoms with Crippen LogP contribution < -0.4 is 11.3 Å². The van der Waals surface area contributed by atoms with Gasteiger partial charge in [0.2, 0.25) is 0 Å². The number of hydrazine groups is 1. The van der Waals surface area contributed by atoms with Crippen LogP contribution in [0.5, 0.6) is 0 Å². The first-order valence-corrected chi connectivity index (χ1v) is 6.17.